The van der Waals surface area contributed by atoms with Crippen molar-refractivity contribution in [3.05, 3.63) is 95.6 Å². The van der Waals surface area contributed by atoms with E-state index >= 15 is 0 Å². The van der Waals surface area contributed by atoms with E-state index in [0.29, 0.717) is 16.9 Å². The third-order valence-electron chi connectivity index (χ3n) is 3.80. The maximum Gasteiger partial charge on any atom is 0.416 e. The van der Waals surface area contributed by atoms with E-state index in [9.17, 15) is 18.0 Å². The van der Waals surface area contributed by atoms with Crippen LogP contribution in [0.1, 0.15) is 21.5 Å². The van der Waals surface area contributed by atoms with Crippen LogP contribution in [0.2, 0.25) is 0 Å². The van der Waals surface area contributed by atoms with Gasteiger partial charge in [-0.05, 0) is 60.7 Å². The summed E-state index contributed by atoms with van der Waals surface area (Å²) in [5.74, 6) is -0.0158. The van der Waals surface area contributed by atoms with Gasteiger partial charge in [0, 0.05) is 5.56 Å². The van der Waals surface area contributed by atoms with Gasteiger partial charge in [0.15, 0.2) is 5.84 Å². The van der Waals surface area contributed by atoms with Gasteiger partial charge in [-0.15, -0.1) is 0 Å². The van der Waals surface area contributed by atoms with Crippen LogP contribution in [0.5, 0.6) is 11.5 Å². The molecule has 3 rings (SSSR count). The molecule has 29 heavy (non-hydrogen) atoms. The molecule has 0 aliphatic carbocycles. The Morgan fingerprint density at radius 2 is 1.34 bits per heavy atom. The fraction of sp³-hybridized carbons (Fsp3) is 0.0476. The number of carbonyl (C=O) groups is 1. The summed E-state index contributed by atoms with van der Waals surface area (Å²) in [6, 6.07) is 19.0. The Bertz CT molecular complexity index is 1000. The molecule has 0 aliphatic heterocycles. The SMILES string of the molecule is NC(=NOC(=O)c1ccccc1)c1ccc(Oc2ccc(C(F)(F)F)cc2)cc1. The maximum atomic E-state index is 12.6. The van der Waals surface area contributed by atoms with Gasteiger partial charge in [-0.25, -0.2) is 4.79 Å². The van der Waals surface area contributed by atoms with Crippen LogP contribution in [0.3, 0.4) is 0 Å². The summed E-state index contributed by atoms with van der Waals surface area (Å²) in [6.07, 6.45) is -4.40. The zero-order chi connectivity index (χ0) is 20.9. The fourth-order valence-corrected chi connectivity index (χ4v) is 2.31. The molecular weight excluding hydrogens is 385 g/mol. The standard InChI is InChI=1S/C21H15F3N2O3/c22-21(23,24)16-8-12-18(13-9-16)28-17-10-6-14(7-11-17)19(25)26-29-20(27)15-4-2-1-3-5-15/h1-13H,(H2,25,26). The minimum atomic E-state index is -4.40. The number of hydrogen-bond acceptors (Lipinski definition) is 4. The molecular formula is C21H15F3N2O3. The highest BCUT2D eigenvalue weighted by Crippen LogP contribution is 2.31. The second-order valence-corrected chi connectivity index (χ2v) is 5.87. The zero-order valence-electron chi connectivity index (χ0n) is 14.9. The summed E-state index contributed by atoms with van der Waals surface area (Å²) < 4.78 is 43.2. The first-order chi connectivity index (χ1) is 13.8. The summed E-state index contributed by atoms with van der Waals surface area (Å²) in [5, 5.41) is 3.61. The average Bonchev–Trinajstić information content (AvgIpc) is 2.72. The van der Waals surface area contributed by atoms with Crippen molar-refractivity contribution in [2.75, 3.05) is 0 Å². The van der Waals surface area contributed by atoms with Gasteiger partial charge in [-0.2, -0.15) is 13.2 Å². The van der Waals surface area contributed by atoms with Crippen LogP contribution < -0.4 is 10.5 Å². The molecule has 0 aromatic heterocycles. The number of amidine groups is 1. The molecule has 0 spiro atoms. The summed E-state index contributed by atoms with van der Waals surface area (Å²) in [6.45, 7) is 0. The average molecular weight is 400 g/mol. The molecule has 148 valence electrons. The predicted molar refractivity (Wildman–Crippen MR) is 101 cm³/mol. The summed E-state index contributed by atoms with van der Waals surface area (Å²) in [5.41, 5.74) is 5.87. The van der Waals surface area contributed by atoms with Gasteiger partial charge >= 0.3 is 12.1 Å². The van der Waals surface area contributed by atoms with E-state index in [-0.39, 0.29) is 11.6 Å². The number of oxime groups is 1. The van der Waals surface area contributed by atoms with E-state index in [1.54, 1.807) is 54.6 Å². The highest BCUT2D eigenvalue weighted by Gasteiger charge is 2.30. The highest BCUT2D eigenvalue weighted by atomic mass is 19.4. The van der Waals surface area contributed by atoms with Gasteiger partial charge in [0.1, 0.15) is 11.5 Å². The summed E-state index contributed by atoms with van der Waals surface area (Å²) in [7, 11) is 0. The van der Waals surface area contributed by atoms with Gasteiger partial charge in [0.2, 0.25) is 0 Å². The number of benzene rings is 3. The van der Waals surface area contributed by atoms with Crippen LogP contribution in [0.25, 0.3) is 0 Å². The van der Waals surface area contributed by atoms with Gasteiger partial charge in [-0.1, -0.05) is 23.4 Å². The Balaban J connectivity index is 1.62. The third kappa shape index (κ3) is 5.35. The molecule has 0 saturated carbocycles. The number of ether oxygens (including phenoxy) is 1. The van der Waals surface area contributed by atoms with Crippen LogP contribution in [-0.2, 0) is 11.0 Å². The molecule has 0 radical (unpaired) electrons. The predicted octanol–water partition coefficient (Wildman–Crippen LogP) is 4.98. The van der Waals surface area contributed by atoms with Crippen molar-refractivity contribution >= 4 is 11.8 Å². The molecule has 8 heteroatoms. The van der Waals surface area contributed by atoms with E-state index in [2.05, 4.69) is 5.16 Å². The Labute approximate surface area is 164 Å². The molecule has 0 fully saturated rings. The van der Waals surface area contributed by atoms with E-state index in [4.69, 9.17) is 15.3 Å². The first-order valence-electron chi connectivity index (χ1n) is 8.38. The molecule has 5 nitrogen and oxygen atoms in total. The Kier molecular flexibility index (Phi) is 5.82. The van der Waals surface area contributed by atoms with Gasteiger partial charge < -0.3 is 15.3 Å². The Hall–Kier alpha value is -3.81. The molecule has 0 atom stereocenters. The topological polar surface area (TPSA) is 73.9 Å². The summed E-state index contributed by atoms with van der Waals surface area (Å²) in [4.78, 5) is 16.7. The molecule has 0 bridgehead atoms. The van der Waals surface area contributed by atoms with Crippen LogP contribution in [0.15, 0.2) is 84.0 Å². The van der Waals surface area contributed by atoms with Crippen molar-refractivity contribution in [3.63, 3.8) is 0 Å². The fourth-order valence-electron chi connectivity index (χ4n) is 2.31. The lowest BCUT2D eigenvalue weighted by atomic mass is 10.2. The molecule has 0 saturated heterocycles. The first-order valence-corrected chi connectivity index (χ1v) is 8.38. The van der Waals surface area contributed by atoms with E-state index < -0.39 is 17.7 Å². The van der Waals surface area contributed by atoms with Crippen molar-refractivity contribution < 1.29 is 27.5 Å². The lowest BCUT2D eigenvalue weighted by molar-refractivity contribution is -0.137. The number of nitrogens with two attached hydrogens (primary N) is 1. The second kappa shape index (κ2) is 8.47. The lowest BCUT2D eigenvalue weighted by Gasteiger charge is -2.09. The van der Waals surface area contributed by atoms with Crippen molar-refractivity contribution in [3.8, 4) is 11.5 Å². The van der Waals surface area contributed by atoms with Crippen LogP contribution in [0, 0.1) is 0 Å². The van der Waals surface area contributed by atoms with Crippen molar-refractivity contribution in [2.24, 2.45) is 10.9 Å². The van der Waals surface area contributed by atoms with Crippen molar-refractivity contribution in [1.82, 2.24) is 0 Å². The van der Waals surface area contributed by atoms with Gasteiger partial charge in [0.25, 0.3) is 0 Å². The van der Waals surface area contributed by atoms with E-state index in [1.807, 2.05) is 0 Å². The van der Waals surface area contributed by atoms with Gasteiger partial charge in [-0.3, -0.25) is 0 Å². The number of halogens is 3. The summed E-state index contributed by atoms with van der Waals surface area (Å²) >= 11 is 0. The monoisotopic (exact) mass is 400 g/mol. The zero-order valence-corrected chi connectivity index (χ0v) is 14.9. The Morgan fingerprint density at radius 3 is 1.90 bits per heavy atom. The number of carbonyl (C=O) groups excluding carboxylic acids is 1. The minimum Gasteiger partial charge on any atom is -0.457 e. The largest absolute Gasteiger partial charge is 0.457 e. The number of alkyl halides is 3. The second-order valence-electron chi connectivity index (χ2n) is 5.87. The van der Waals surface area contributed by atoms with Crippen LogP contribution >= 0.6 is 0 Å². The number of nitrogens with zero attached hydrogens (tertiary/aromatic N) is 1. The molecule has 3 aromatic rings. The van der Waals surface area contributed by atoms with E-state index in [1.165, 1.54) is 12.1 Å². The maximum absolute atomic E-state index is 12.6. The highest BCUT2D eigenvalue weighted by molar-refractivity contribution is 5.98. The molecule has 0 amide bonds. The van der Waals surface area contributed by atoms with Crippen molar-refractivity contribution in [1.29, 1.82) is 0 Å². The molecule has 0 heterocycles. The first kappa shape index (κ1) is 19.9. The van der Waals surface area contributed by atoms with E-state index in [0.717, 1.165) is 12.1 Å². The third-order valence-corrected chi connectivity index (χ3v) is 3.80. The number of rotatable bonds is 5. The lowest BCUT2D eigenvalue weighted by Crippen LogP contribution is -2.15. The molecule has 0 aliphatic rings. The molecule has 2 N–H and O–H groups in total. The Morgan fingerprint density at radius 1 is 0.793 bits per heavy atom. The van der Waals surface area contributed by atoms with Crippen LogP contribution in [0.4, 0.5) is 13.2 Å². The molecule has 3 aromatic carbocycles. The normalized spacial score (nSPS) is 11.8. The minimum absolute atomic E-state index is 0.0182. The smallest absolute Gasteiger partial charge is 0.416 e. The van der Waals surface area contributed by atoms with Crippen LogP contribution in [-0.4, -0.2) is 11.8 Å². The van der Waals surface area contributed by atoms with Gasteiger partial charge in [0.05, 0.1) is 11.1 Å². The molecule has 0 unspecified atom stereocenters. The van der Waals surface area contributed by atoms with Crippen molar-refractivity contribution in [2.45, 2.75) is 6.18 Å². The number of hydrogen-bond donors (Lipinski definition) is 1. The quantitative estimate of drug-likeness (QED) is 0.284.